The first-order valence-electron chi connectivity index (χ1n) is 30.6. The van der Waals surface area contributed by atoms with Gasteiger partial charge in [-0.1, -0.05) is 315 Å². The van der Waals surface area contributed by atoms with E-state index in [1.165, 1.54) is 276 Å². The maximum Gasteiger partial charge on any atom is 0.249 e. The van der Waals surface area contributed by atoms with Crippen molar-refractivity contribution in [3.63, 3.8) is 0 Å². The molecule has 4 unspecified atom stereocenters. The molecule has 0 saturated heterocycles. The van der Waals surface area contributed by atoms with Crippen molar-refractivity contribution in [2.45, 2.75) is 366 Å². The molecule has 6 heteroatoms. The van der Waals surface area contributed by atoms with Crippen LogP contribution in [0, 0.1) is 0 Å². The second kappa shape index (κ2) is 56.0. The number of allylic oxidation sites excluding steroid dienone is 2. The van der Waals surface area contributed by atoms with Gasteiger partial charge in [-0.05, 0) is 38.5 Å². The molecule has 400 valence electrons. The second-order valence-corrected chi connectivity index (χ2v) is 21.4. The molecular weight excluding hydrogens is 827 g/mol. The zero-order chi connectivity index (χ0) is 48.8. The lowest BCUT2D eigenvalue weighted by molar-refractivity contribution is -0.132. The van der Waals surface area contributed by atoms with Crippen molar-refractivity contribution < 1.29 is 25.2 Å². The van der Waals surface area contributed by atoms with Gasteiger partial charge in [0.25, 0.3) is 0 Å². The summed E-state index contributed by atoms with van der Waals surface area (Å²) in [4.78, 5) is 12.6. The van der Waals surface area contributed by atoms with Crippen molar-refractivity contribution >= 4 is 5.91 Å². The van der Waals surface area contributed by atoms with Gasteiger partial charge in [0.15, 0.2) is 0 Å². The van der Waals surface area contributed by atoms with Gasteiger partial charge in [-0.15, -0.1) is 0 Å². The Bertz CT molecular complexity index is 975. The number of carbonyl (C=O) groups excluding carboxylic acids is 1. The molecule has 0 heterocycles. The van der Waals surface area contributed by atoms with Gasteiger partial charge in [-0.3, -0.25) is 4.79 Å². The number of unbranched alkanes of at least 4 members (excludes halogenated alkanes) is 46. The summed E-state index contributed by atoms with van der Waals surface area (Å²) in [7, 11) is 0. The van der Waals surface area contributed by atoms with Crippen LogP contribution in [0.4, 0.5) is 0 Å². The number of carbonyl (C=O) groups is 1. The topological polar surface area (TPSA) is 110 Å². The summed E-state index contributed by atoms with van der Waals surface area (Å²) in [5, 5.41) is 44.1. The highest BCUT2D eigenvalue weighted by molar-refractivity contribution is 5.80. The SMILES string of the molecule is CCCCCCCCCCCCCCCCCCCCCCC/C=C/CCCC(O)C(O)C(CO)NC(=O)C(O)CCCCCCCCCCCCCCCCCCCCCCCCCCC. The maximum atomic E-state index is 12.6. The van der Waals surface area contributed by atoms with E-state index in [4.69, 9.17) is 0 Å². The van der Waals surface area contributed by atoms with Gasteiger partial charge in [0.05, 0.1) is 18.8 Å². The Morgan fingerprint density at radius 1 is 0.358 bits per heavy atom. The summed E-state index contributed by atoms with van der Waals surface area (Å²) in [6.07, 6.45) is 67.3. The van der Waals surface area contributed by atoms with E-state index in [1.54, 1.807) is 0 Å². The molecule has 6 nitrogen and oxygen atoms in total. The van der Waals surface area contributed by atoms with Crippen molar-refractivity contribution in [2.24, 2.45) is 0 Å². The zero-order valence-corrected chi connectivity index (χ0v) is 45.4. The lowest BCUT2D eigenvalue weighted by atomic mass is 10.00. The van der Waals surface area contributed by atoms with Gasteiger partial charge >= 0.3 is 0 Å². The van der Waals surface area contributed by atoms with Crippen LogP contribution in [0.1, 0.15) is 341 Å². The molecule has 0 aliphatic carbocycles. The summed E-state index contributed by atoms with van der Waals surface area (Å²) in [6.45, 7) is 4.09. The highest BCUT2D eigenvalue weighted by atomic mass is 16.3. The Balaban J connectivity index is 3.60. The molecule has 5 N–H and O–H groups in total. The molecule has 0 aliphatic heterocycles. The molecule has 1 amide bonds. The third-order valence-electron chi connectivity index (χ3n) is 14.7. The van der Waals surface area contributed by atoms with Crippen LogP contribution >= 0.6 is 0 Å². The molecule has 0 aliphatic rings. The van der Waals surface area contributed by atoms with Crippen molar-refractivity contribution in [3.8, 4) is 0 Å². The minimum Gasteiger partial charge on any atom is -0.394 e. The van der Waals surface area contributed by atoms with E-state index in [1.807, 2.05) is 0 Å². The normalized spacial score (nSPS) is 13.7. The molecule has 0 aromatic heterocycles. The molecule has 0 aromatic carbocycles. The summed E-state index contributed by atoms with van der Waals surface area (Å²) < 4.78 is 0. The molecule has 0 radical (unpaired) electrons. The van der Waals surface area contributed by atoms with E-state index in [0.29, 0.717) is 12.8 Å². The fourth-order valence-corrected chi connectivity index (χ4v) is 9.94. The first kappa shape index (κ1) is 66.0. The Hall–Kier alpha value is -0.950. The molecule has 0 fully saturated rings. The van der Waals surface area contributed by atoms with E-state index in [-0.39, 0.29) is 0 Å². The molecule has 0 bridgehead atoms. The van der Waals surface area contributed by atoms with Crippen LogP contribution in [0.15, 0.2) is 12.2 Å². The van der Waals surface area contributed by atoms with Crippen LogP contribution in [0.5, 0.6) is 0 Å². The second-order valence-electron chi connectivity index (χ2n) is 21.4. The fourth-order valence-electron chi connectivity index (χ4n) is 9.94. The minimum atomic E-state index is -1.28. The van der Waals surface area contributed by atoms with Crippen LogP contribution in [0.3, 0.4) is 0 Å². The maximum absolute atomic E-state index is 12.6. The van der Waals surface area contributed by atoms with E-state index in [2.05, 4.69) is 31.3 Å². The van der Waals surface area contributed by atoms with Gasteiger partial charge in [0, 0.05) is 0 Å². The summed E-state index contributed by atoms with van der Waals surface area (Å²) in [6, 6.07) is -0.999. The van der Waals surface area contributed by atoms with Crippen LogP contribution in [0.25, 0.3) is 0 Å². The van der Waals surface area contributed by atoms with Crippen LogP contribution < -0.4 is 5.32 Å². The largest absolute Gasteiger partial charge is 0.394 e. The van der Waals surface area contributed by atoms with Gasteiger partial charge in [-0.25, -0.2) is 0 Å². The predicted molar refractivity (Wildman–Crippen MR) is 293 cm³/mol. The first-order valence-corrected chi connectivity index (χ1v) is 30.6. The summed E-state index contributed by atoms with van der Waals surface area (Å²) >= 11 is 0. The first-order chi connectivity index (χ1) is 33.0. The lowest BCUT2D eigenvalue weighted by Gasteiger charge is -2.27. The van der Waals surface area contributed by atoms with Crippen molar-refractivity contribution in [1.29, 1.82) is 0 Å². The number of aliphatic hydroxyl groups is 4. The average molecular weight is 949 g/mol. The van der Waals surface area contributed by atoms with E-state index < -0.39 is 36.9 Å². The lowest BCUT2D eigenvalue weighted by Crippen LogP contribution is -2.53. The third kappa shape index (κ3) is 49.8. The van der Waals surface area contributed by atoms with Crippen molar-refractivity contribution in [3.05, 3.63) is 12.2 Å². The quantitative estimate of drug-likeness (QED) is 0.0308. The van der Waals surface area contributed by atoms with Crippen molar-refractivity contribution in [2.75, 3.05) is 6.61 Å². The molecule has 4 atom stereocenters. The predicted octanol–water partition coefficient (Wildman–Crippen LogP) is 18.0. The highest BCUT2D eigenvalue weighted by Crippen LogP contribution is 2.19. The highest BCUT2D eigenvalue weighted by Gasteiger charge is 2.28. The standard InChI is InChI=1S/C61H121NO5/c1-3-5-7-9-11-13-15-17-19-21-23-25-27-29-31-32-34-36-38-40-42-44-46-48-50-52-54-58(64)60(66)57(56-63)62-61(67)59(65)55-53-51-49-47-45-43-41-39-37-35-33-30-28-26-24-22-20-18-16-14-12-10-8-6-4-2/h46,48,57-60,63-66H,3-45,47,49-56H2,1-2H3,(H,62,67)/b48-46+. The van der Waals surface area contributed by atoms with Gasteiger partial charge in [0.2, 0.25) is 5.91 Å². The summed E-state index contributed by atoms with van der Waals surface area (Å²) in [5.74, 6) is -0.585. The molecule has 67 heavy (non-hydrogen) atoms. The molecular formula is C61H121NO5. The van der Waals surface area contributed by atoms with Crippen LogP contribution in [-0.2, 0) is 4.79 Å². The third-order valence-corrected chi connectivity index (χ3v) is 14.7. The molecule has 0 rings (SSSR count). The van der Waals surface area contributed by atoms with Gasteiger partial charge < -0.3 is 25.7 Å². The molecule has 0 saturated carbocycles. The van der Waals surface area contributed by atoms with E-state index in [0.717, 1.165) is 38.5 Å². The molecule has 0 aromatic rings. The number of hydrogen-bond acceptors (Lipinski definition) is 5. The van der Waals surface area contributed by atoms with Crippen molar-refractivity contribution in [1.82, 2.24) is 5.32 Å². The van der Waals surface area contributed by atoms with Crippen LogP contribution in [0.2, 0.25) is 0 Å². The Morgan fingerprint density at radius 2 is 0.612 bits per heavy atom. The summed E-state index contributed by atoms with van der Waals surface area (Å²) in [5.41, 5.74) is 0. The average Bonchev–Trinajstić information content (AvgIpc) is 3.33. The van der Waals surface area contributed by atoms with Crippen LogP contribution in [-0.4, -0.2) is 57.3 Å². The number of amides is 1. The number of rotatable bonds is 57. The van der Waals surface area contributed by atoms with E-state index >= 15 is 0 Å². The Kier molecular flexibility index (Phi) is 55.2. The Morgan fingerprint density at radius 3 is 0.896 bits per heavy atom. The number of nitrogens with one attached hydrogen (secondary N) is 1. The minimum absolute atomic E-state index is 0.369. The number of aliphatic hydroxyl groups excluding tert-OH is 4. The molecule has 0 spiro atoms. The smallest absolute Gasteiger partial charge is 0.249 e. The Labute approximate surface area is 419 Å². The van der Waals surface area contributed by atoms with Gasteiger partial charge in [0.1, 0.15) is 12.2 Å². The monoisotopic (exact) mass is 948 g/mol. The zero-order valence-electron chi connectivity index (χ0n) is 45.4. The number of hydrogen-bond donors (Lipinski definition) is 5. The van der Waals surface area contributed by atoms with E-state index in [9.17, 15) is 25.2 Å². The fraction of sp³-hybridized carbons (Fsp3) is 0.951. The van der Waals surface area contributed by atoms with Gasteiger partial charge in [-0.2, -0.15) is 0 Å².